The molecule has 4 nitrogen and oxygen atoms in total. The van der Waals surface area contributed by atoms with Crippen LogP contribution in [0.4, 0.5) is 0 Å². The maximum Gasteiger partial charge on any atom is 0.118 e. The molecule has 0 aliphatic rings. The van der Waals surface area contributed by atoms with E-state index in [1.807, 2.05) is 18.3 Å². The summed E-state index contributed by atoms with van der Waals surface area (Å²) in [7, 11) is 1.68. The summed E-state index contributed by atoms with van der Waals surface area (Å²) < 4.78 is 7.23. The van der Waals surface area contributed by atoms with Crippen molar-refractivity contribution in [2.75, 3.05) is 7.11 Å². The zero-order valence-corrected chi connectivity index (χ0v) is 13.7. The van der Waals surface area contributed by atoms with Crippen LogP contribution in [0.3, 0.4) is 0 Å². The van der Waals surface area contributed by atoms with E-state index in [9.17, 15) is 0 Å². The Morgan fingerprint density at radius 1 is 1.14 bits per heavy atom. The summed E-state index contributed by atoms with van der Waals surface area (Å²) in [6.45, 7) is 7.05. The molecule has 0 radical (unpaired) electrons. The Bertz CT molecular complexity index is 523. The summed E-state index contributed by atoms with van der Waals surface area (Å²) >= 11 is 0. The van der Waals surface area contributed by atoms with Gasteiger partial charge in [0, 0.05) is 25.8 Å². The molecule has 0 saturated heterocycles. The summed E-state index contributed by atoms with van der Waals surface area (Å²) in [5.41, 5.74) is 2.48. The quantitative estimate of drug-likeness (QED) is 0.853. The molecular formula is C16H24ClN3O. The van der Waals surface area contributed by atoms with Crippen LogP contribution >= 0.6 is 12.4 Å². The van der Waals surface area contributed by atoms with Gasteiger partial charge in [-0.15, -0.1) is 12.4 Å². The number of hydrogen-bond donors (Lipinski definition) is 1. The van der Waals surface area contributed by atoms with Gasteiger partial charge >= 0.3 is 0 Å². The van der Waals surface area contributed by atoms with Crippen molar-refractivity contribution in [3.8, 4) is 5.75 Å². The first-order valence-electron chi connectivity index (χ1n) is 7.03. The van der Waals surface area contributed by atoms with Crippen molar-refractivity contribution in [2.24, 2.45) is 5.92 Å². The highest BCUT2D eigenvalue weighted by Gasteiger charge is 2.04. The molecule has 116 valence electrons. The largest absolute Gasteiger partial charge is 0.497 e. The lowest BCUT2D eigenvalue weighted by molar-refractivity contribution is 0.414. The van der Waals surface area contributed by atoms with E-state index in [0.717, 1.165) is 25.4 Å². The van der Waals surface area contributed by atoms with Gasteiger partial charge in [-0.1, -0.05) is 26.0 Å². The summed E-state index contributed by atoms with van der Waals surface area (Å²) in [4.78, 5) is 0. The molecule has 0 amide bonds. The first-order chi connectivity index (χ1) is 9.69. The summed E-state index contributed by atoms with van der Waals surface area (Å²) in [5.74, 6) is 1.50. The van der Waals surface area contributed by atoms with E-state index in [-0.39, 0.29) is 12.4 Å². The van der Waals surface area contributed by atoms with Crippen LogP contribution in [0.5, 0.6) is 5.75 Å². The number of rotatable bonds is 7. The number of benzene rings is 1. The van der Waals surface area contributed by atoms with Gasteiger partial charge in [-0.2, -0.15) is 5.10 Å². The number of methoxy groups -OCH3 is 1. The zero-order valence-electron chi connectivity index (χ0n) is 12.9. The minimum Gasteiger partial charge on any atom is -0.497 e. The Hall–Kier alpha value is -1.52. The average Bonchev–Trinajstić information content (AvgIpc) is 2.86. The summed E-state index contributed by atoms with van der Waals surface area (Å²) in [5, 5.41) is 7.82. The van der Waals surface area contributed by atoms with Crippen LogP contribution in [-0.2, 0) is 19.6 Å². The van der Waals surface area contributed by atoms with Gasteiger partial charge in [0.15, 0.2) is 0 Å². The van der Waals surface area contributed by atoms with Gasteiger partial charge in [0.1, 0.15) is 5.75 Å². The van der Waals surface area contributed by atoms with Gasteiger partial charge in [0.05, 0.1) is 12.8 Å². The lowest BCUT2D eigenvalue weighted by atomic mass is 10.2. The molecule has 0 spiro atoms. The van der Waals surface area contributed by atoms with Crippen LogP contribution in [0, 0.1) is 5.92 Å². The Labute approximate surface area is 132 Å². The van der Waals surface area contributed by atoms with Crippen LogP contribution in [0.25, 0.3) is 0 Å². The number of hydrogen-bond acceptors (Lipinski definition) is 3. The molecule has 0 atom stereocenters. The molecule has 21 heavy (non-hydrogen) atoms. The minimum absolute atomic E-state index is 0. The molecule has 0 saturated carbocycles. The van der Waals surface area contributed by atoms with Crippen molar-refractivity contribution in [1.29, 1.82) is 0 Å². The highest BCUT2D eigenvalue weighted by molar-refractivity contribution is 5.85. The zero-order chi connectivity index (χ0) is 14.4. The first-order valence-corrected chi connectivity index (χ1v) is 7.03. The molecule has 1 aromatic carbocycles. The predicted octanol–water partition coefficient (Wildman–Crippen LogP) is 3.26. The molecule has 5 heteroatoms. The Morgan fingerprint density at radius 3 is 2.48 bits per heavy atom. The van der Waals surface area contributed by atoms with Gasteiger partial charge in [-0.3, -0.25) is 4.68 Å². The van der Waals surface area contributed by atoms with Crippen molar-refractivity contribution in [2.45, 2.75) is 33.5 Å². The molecule has 0 aliphatic carbocycles. The lowest BCUT2D eigenvalue weighted by Gasteiger charge is -2.11. The number of aromatic nitrogens is 2. The fourth-order valence-corrected chi connectivity index (χ4v) is 2.10. The van der Waals surface area contributed by atoms with E-state index in [1.54, 1.807) is 7.11 Å². The van der Waals surface area contributed by atoms with Gasteiger partial charge in [0.2, 0.25) is 0 Å². The molecule has 1 N–H and O–H groups in total. The predicted molar refractivity (Wildman–Crippen MR) is 87.9 cm³/mol. The topological polar surface area (TPSA) is 39.1 Å². The van der Waals surface area contributed by atoms with Gasteiger partial charge in [0.25, 0.3) is 0 Å². The average molecular weight is 310 g/mol. The first kappa shape index (κ1) is 17.5. The third-order valence-corrected chi connectivity index (χ3v) is 3.14. The second-order valence-corrected chi connectivity index (χ2v) is 5.35. The molecule has 0 aliphatic heterocycles. The standard InChI is InChI=1S/C16H23N3O.ClH/c1-13(2)12-19-15(8-9-18-19)11-17-10-14-4-6-16(20-3)7-5-14;/h4-9,13,17H,10-12H2,1-3H3;1H. The molecule has 0 unspecified atom stereocenters. The fourth-order valence-electron chi connectivity index (χ4n) is 2.10. The third kappa shape index (κ3) is 5.40. The highest BCUT2D eigenvalue weighted by Crippen LogP contribution is 2.11. The third-order valence-electron chi connectivity index (χ3n) is 3.14. The fraction of sp³-hybridized carbons (Fsp3) is 0.438. The normalized spacial score (nSPS) is 10.5. The van der Waals surface area contributed by atoms with Crippen LogP contribution in [0.15, 0.2) is 36.5 Å². The van der Waals surface area contributed by atoms with Crippen molar-refractivity contribution >= 4 is 12.4 Å². The van der Waals surface area contributed by atoms with Gasteiger partial charge in [-0.05, 0) is 29.7 Å². The van der Waals surface area contributed by atoms with Crippen LogP contribution < -0.4 is 10.1 Å². The van der Waals surface area contributed by atoms with E-state index >= 15 is 0 Å². The Kier molecular flexibility index (Phi) is 7.26. The molecule has 1 heterocycles. The number of nitrogens with zero attached hydrogens (tertiary/aromatic N) is 2. The molecule has 2 rings (SSSR count). The van der Waals surface area contributed by atoms with E-state index in [0.29, 0.717) is 5.92 Å². The van der Waals surface area contributed by atoms with E-state index in [2.05, 4.69) is 47.1 Å². The summed E-state index contributed by atoms with van der Waals surface area (Å²) in [6.07, 6.45) is 1.87. The number of nitrogens with one attached hydrogen (secondary N) is 1. The van der Waals surface area contributed by atoms with Crippen molar-refractivity contribution < 1.29 is 4.74 Å². The minimum atomic E-state index is 0. The smallest absolute Gasteiger partial charge is 0.118 e. The molecule has 2 aromatic rings. The molecule has 0 fully saturated rings. The van der Waals surface area contributed by atoms with Crippen LogP contribution in [0.2, 0.25) is 0 Å². The Morgan fingerprint density at radius 2 is 1.86 bits per heavy atom. The van der Waals surface area contributed by atoms with Gasteiger partial charge < -0.3 is 10.1 Å². The number of halogens is 1. The second kappa shape index (κ2) is 8.70. The summed E-state index contributed by atoms with van der Waals surface area (Å²) in [6, 6.07) is 10.2. The van der Waals surface area contributed by atoms with E-state index < -0.39 is 0 Å². The lowest BCUT2D eigenvalue weighted by Crippen LogP contribution is -2.17. The monoisotopic (exact) mass is 309 g/mol. The van der Waals surface area contributed by atoms with Crippen molar-refractivity contribution in [1.82, 2.24) is 15.1 Å². The van der Waals surface area contributed by atoms with Crippen molar-refractivity contribution in [3.05, 3.63) is 47.8 Å². The van der Waals surface area contributed by atoms with Crippen LogP contribution in [0.1, 0.15) is 25.1 Å². The van der Waals surface area contributed by atoms with E-state index in [4.69, 9.17) is 4.74 Å². The molecule has 0 bridgehead atoms. The van der Waals surface area contributed by atoms with Crippen molar-refractivity contribution in [3.63, 3.8) is 0 Å². The molecule has 1 aromatic heterocycles. The van der Waals surface area contributed by atoms with Gasteiger partial charge in [-0.25, -0.2) is 0 Å². The Balaban J connectivity index is 0.00000220. The number of ether oxygens (including phenoxy) is 1. The highest BCUT2D eigenvalue weighted by atomic mass is 35.5. The molecular weight excluding hydrogens is 286 g/mol. The van der Waals surface area contributed by atoms with E-state index in [1.165, 1.54) is 11.3 Å². The maximum atomic E-state index is 5.15. The van der Waals surface area contributed by atoms with Crippen LogP contribution in [-0.4, -0.2) is 16.9 Å². The second-order valence-electron chi connectivity index (χ2n) is 5.35. The maximum absolute atomic E-state index is 5.15. The SMILES string of the molecule is COc1ccc(CNCc2ccnn2CC(C)C)cc1.Cl.